The number of nitrogens with one attached hydrogen (secondary N) is 1. The molecule has 0 saturated heterocycles. The van der Waals surface area contributed by atoms with Crippen LogP contribution in [0.2, 0.25) is 0 Å². The SMILES string of the molecule is CCNc1nnc(CN(CC)Cc2cccc(C)n2)s1. The predicted molar refractivity (Wildman–Crippen MR) is 82.8 cm³/mol. The van der Waals surface area contributed by atoms with Crippen LogP contribution in [0.3, 0.4) is 0 Å². The van der Waals surface area contributed by atoms with E-state index in [1.54, 1.807) is 11.3 Å². The zero-order valence-electron chi connectivity index (χ0n) is 12.3. The van der Waals surface area contributed by atoms with Crippen LogP contribution in [0.4, 0.5) is 5.13 Å². The second-order valence-electron chi connectivity index (χ2n) is 4.60. The molecule has 0 aromatic carbocycles. The largest absolute Gasteiger partial charge is 0.360 e. The second kappa shape index (κ2) is 7.31. The van der Waals surface area contributed by atoms with Gasteiger partial charge in [0.15, 0.2) is 0 Å². The maximum Gasteiger partial charge on any atom is 0.205 e. The summed E-state index contributed by atoms with van der Waals surface area (Å²) in [5, 5.41) is 13.5. The van der Waals surface area contributed by atoms with Crippen LogP contribution in [0.25, 0.3) is 0 Å². The van der Waals surface area contributed by atoms with Crippen molar-refractivity contribution in [1.29, 1.82) is 0 Å². The van der Waals surface area contributed by atoms with Gasteiger partial charge in [0.05, 0.1) is 12.2 Å². The summed E-state index contributed by atoms with van der Waals surface area (Å²) >= 11 is 1.62. The summed E-state index contributed by atoms with van der Waals surface area (Å²) in [5.74, 6) is 0. The lowest BCUT2D eigenvalue weighted by molar-refractivity contribution is 0.267. The maximum atomic E-state index is 4.55. The molecular weight excluding hydrogens is 270 g/mol. The van der Waals surface area contributed by atoms with Crippen molar-refractivity contribution < 1.29 is 0 Å². The number of aromatic nitrogens is 3. The molecule has 0 atom stereocenters. The van der Waals surface area contributed by atoms with E-state index in [-0.39, 0.29) is 0 Å². The Morgan fingerprint density at radius 3 is 2.75 bits per heavy atom. The number of aryl methyl sites for hydroxylation is 1. The van der Waals surface area contributed by atoms with Gasteiger partial charge in [0.25, 0.3) is 0 Å². The Hall–Kier alpha value is -1.53. The fourth-order valence-corrected chi connectivity index (χ4v) is 2.78. The van der Waals surface area contributed by atoms with E-state index in [0.717, 1.165) is 47.7 Å². The van der Waals surface area contributed by atoms with Crippen LogP contribution in [0.15, 0.2) is 18.2 Å². The number of nitrogens with zero attached hydrogens (tertiary/aromatic N) is 4. The van der Waals surface area contributed by atoms with Crippen molar-refractivity contribution in [2.24, 2.45) is 0 Å². The number of pyridine rings is 1. The maximum absolute atomic E-state index is 4.55. The van der Waals surface area contributed by atoms with Gasteiger partial charge in [-0.05, 0) is 32.5 Å². The number of hydrogen-bond donors (Lipinski definition) is 1. The lowest BCUT2D eigenvalue weighted by Gasteiger charge is -2.18. The summed E-state index contributed by atoms with van der Waals surface area (Å²) in [7, 11) is 0. The lowest BCUT2D eigenvalue weighted by Crippen LogP contribution is -2.22. The molecule has 0 unspecified atom stereocenters. The summed E-state index contributed by atoms with van der Waals surface area (Å²) in [6.07, 6.45) is 0. The van der Waals surface area contributed by atoms with Gasteiger partial charge in [-0.15, -0.1) is 10.2 Å². The minimum Gasteiger partial charge on any atom is -0.360 e. The molecule has 2 aromatic heterocycles. The van der Waals surface area contributed by atoms with Crippen LogP contribution in [-0.2, 0) is 13.1 Å². The zero-order chi connectivity index (χ0) is 14.4. The first-order valence-corrected chi connectivity index (χ1v) is 7.74. The van der Waals surface area contributed by atoms with Crippen LogP contribution >= 0.6 is 11.3 Å². The molecule has 0 amide bonds. The molecule has 0 aliphatic rings. The van der Waals surface area contributed by atoms with Crippen LogP contribution in [0.1, 0.15) is 30.2 Å². The Labute approximate surface area is 124 Å². The second-order valence-corrected chi connectivity index (χ2v) is 5.67. The van der Waals surface area contributed by atoms with Gasteiger partial charge in [-0.1, -0.05) is 24.3 Å². The Bertz CT molecular complexity index is 540. The van der Waals surface area contributed by atoms with Crippen molar-refractivity contribution in [3.05, 3.63) is 34.6 Å². The van der Waals surface area contributed by atoms with Gasteiger partial charge >= 0.3 is 0 Å². The van der Waals surface area contributed by atoms with Crippen molar-refractivity contribution in [1.82, 2.24) is 20.1 Å². The molecule has 0 spiro atoms. The van der Waals surface area contributed by atoms with Crippen molar-refractivity contribution in [2.75, 3.05) is 18.4 Å². The molecule has 0 saturated carbocycles. The smallest absolute Gasteiger partial charge is 0.205 e. The fourth-order valence-electron chi connectivity index (χ4n) is 1.93. The highest BCUT2D eigenvalue weighted by molar-refractivity contribution is 7.15. The topological polar surface area (TPSA) is 53.9 Å². The molecule has 5 nitrogen and oxygen atoms in total. The molecule has 0 fully saturated rings. The number of hydrogen-bond acceptors (Lipinski definition) is 6. The Morgan fingerprint density at radius 1 is 1.20 bits per heavy atom. The van der Waals surface area contributed by atoms with Crippen molar-refractivity contribution in [2.45, 2.75) is 33.9 Å². The van der Waals surface area contributed by atoms with E-state index in [9.17, 15) is 0 Å². The van der Waals surface area contributed by atoms with Crippen LogP contribution < -0.4 is 5.32 Å². The van der Waals surface area contributed by atoms with Gasteiger partial charge < -0.3 is 5.32 Å². The van der Waals surface area contributed by atoms with Gasteiger partial charge in [-0.2, -0.15) is 0 Å². The third-order valence-electron chi connectivity index (χ3n) is 2.93. The van der Waals surface area contributed by atoms with Crippen molar-refractivity contribution >= 4 is 16.5 Å². The fraction of sp³-hybridized carbons (Fsp3) is 0.500. The summed E-state index contributed by atoms with van der Waals surface area (Å²) in [4.78, 5) is 6.87. The van der Waals surface area contributed by atoms with Crippen LogP contribution in [0, 0.1) is 6.92 Å². The third kappa shape index (κ3) is 4.25. The molecule has 6 heteroatoms. The van der Waals surface area contributed by atoms with E-state index >= 15 is 0 Å². The van der Waals surface area contributed by atoms with E-state index in [2.05, 4.69) is 51.4 Å². The summed E-state index contributed by atoms with van der Waals surface area (Å²) < 4.78 is 0. The average molecular weight is 291 g/mol. The first-order valence-electron chi connectivity index (χ1n) is 6.92. The quantitative estimate of drug-likeness (QED) is 0.850. The Balaban J connectivity index is 1.97. The minimum absolute atomic E-state index is 0.815. The van der Waals surface area contributed by atoms with Crippen LogP contribution in [0.5, 0.6) is 0 Å². The van der Waals surface area contributed by atoms with Crippen molar-refractivity contribution in [3.63, 3.8) is 0 Å². The number of anilines is 1. The lowest BCUT2D eigenvalue weighted by atomic mass is 10.3. The Morgan fingerprint density at radius 2 is 2.05 bits per heavy atom. The molecule has 20 heavy (non-hydrogen) atoms. The van der Waals surface area contributed by atoms with Gasteiger partial charge in [0.2, 0.25) is 5.13 Å². The van der Waals surface area contributed by atoms with Gasteiger partial charge in [0.1, 0.15) is 5.01 Å². The van der Waals surface area contributed by atoms with E-state index in [0.29, 0.717) is 0 Å². The normalized spacial score (nSPS) is 11.0. The molecular formula is C14H21N5S. The van der Waals surface area contributed by atoms with E-state index in [4.69, 9.17) is 0 Å². The van der Waals surface area contributed by atoms with Gasteiger partial charge in [0, 0.05) is 18.8 Å². The molecule has 2 aromatic rings. The molecule has 0 aliphatic heterocycles. The van der Waals surface area contributed by atoms with E-state index in [1.807, 2.05) is 13.0 Å². The van der Waals surface area contributed by atoms with Gasteiger partial charge in [-0.3, -0.25) is 9.88 Å². The molecule has 2 rings (SSSR count). The summed E-state index contributed by atoms with van der Waals surface area (Å²) in [6, 6.07) is 6.15. The zero-order valence-corrected chi connectivity index (χ0v) is 13.1. The van der Waals surface area contributed by atoms with E-state index < -0.39 is 0 Å². The number of rotatable bonds is 7. The first kappa shape index (κ1) is 14.9. The highest BCUT2D eigenvalue weighted by Crippen LogP contribution is 2.17. The molecule has 2 heterocycles. The van der Waals surface area contributed by atoms with Gasteiger partial charge in [-0.25, -0.2) is 0 Å². The summed E-state index contributed by atoms with van der Waals surface area (Å²) in [6.45, 7) is 9.73. The molecule has 0 aliphatic carbocycles. The molecule has 1 N–H and O–H groups in total. The monoisotopic (exact) mass is 291 g/mol. The van der Waals surface area contributed by atoms with Crippen molar-refractivity contribution in [3.8, 4) is 0 Å². The standard InChI is InChI=1S/C14H21N5S/c1-4-15-14-18-17-13(20-14)10-19(5-2)9-12-8-6-7-11(3)16-12/h6-8H,4-5,9-10H2,1-3H3,(H,15,18). The molecule has 0 radical (unpaired) electrons. The van der Waals surface area contributed by atoms with Crippen LogP contribution in [-0.4, -0.2) is 33.2 Å². The third-order valence-corrected chi connectivity index (χ3v) is 3.80. The summed E-state index contributed by atoms with van der Waals surface area (Å²) in [5.41, 5.74) is 2.16. The molecule has 108 valence electrons. The van der Waals surface area contributed by atoms with E-state index in [1.165, 1.54) is 0 Å². The minimum atomic E-state index is 0.815. The highest BCUT2D eigenvalue weighted by Gasteiger charge is 2.10. The first-order chi connectivity index (χ1) is 9.71. The molecule has 0 bridgehead atoms. The predicted octanol–water partition coefficient (Wildman–Crippen LogP) is 2.70. The average Bonchev–Trinajstić information content (AvgIpc) is 2.86. The highest BCUT2D eigenvalue weighted by atomic mass is 32.1. The Kier molecular flexibility index (Phi) is 5.43.